The Morgan fingerprint density at radius 3 is 2.87 bits per heavy atom. The van der Waals surface area contributed by atoms with Crippen LogP contribution in [0.5, 0.6) is 0 Å². The van der Waals surface area contributed by atoms with Gasteiger partial charge in [-0.05, 0) is 24.6 Å². The lowest BCUT2D eigenvalue weighted by atomic mass is 10.2. The molecule has 0 aliphatic heterocycles. The molecule has 78 valence electrons. The summed E-state index contributed by atoms with van der Waals surface area (Å²) in [7, 11) is 0. The zero-order chi connectivity index (χ0) is 10.5. The van der Waals surface area contributed by atoms with E-state index in [4.69, 9.17) is 0 Å². The molecule has 2 rings (SSSR count). The van der Waals surface area contributed by atoms with Crippen LogP contribution < -0.4 is 5.32 Å². The third kappa shape index (κ3) is 2.84. The van der Waals surface area contributed by atoms with E-state index in [-0.39, 0.29) is 0 Å². The van der Waals surface area contributed by atoms with Crippen LogP contribution in [0.15, 0.2) is 35.4 Å². The number of thiazole rings is 1. The van der Waals surface area contributed by atoms with Crippen LogP contribution >= 0.6 is 11.3 Å². The lowest BCUT2D eigenvalue weighted by molar-refractivity contribution is 0.564. The van der Waals surface area contributed by atoms with Crippen molar-refractivity contribution in [2.45, 2.75) is 19.5 Å². The van der Waals surface area contributed by atoms with Gasteiger partial charge in [-0.25, -0.2) is 4.98 Å². The molecule has 0 saturated heterocycles. The van der Waals surface area contributed by atoms with Crippen LogP contribution in [-0.2, 0) is 6.54 Å². The molecule has 1 unspecified atom stereocenters. The van der Waals surface area contributed by atoms with E-state index in [1.807, 2.05) is 30.0 Å². The summed E-state index contributed by atoms with van der Waals surface area (Å²) in [5.41, 5.74) is 4.21. The van der Waals surface area contributed by atoms with Gasteiger partial charge in [-0.1, -0.05) is 0 Å². The third-order valence-corrected chi connectivity index (χ3v) is 2.86. The summed E-state index contributed by atoms with van der Waals surface area (Å²) in [5, 5.41) is 5.49. The van der Waals surface area contributed by atoms with Crippen molar-refractivity contribution in [3.63, 3.8) is 0 Å². The second kappa shape index (κ2) is 5.00. The SMILES string of the molecule is CC(NCc1ccncc1)c1cscn1. The molecule has 2 aromatic heterocycles. The first-order valence-electron chi connectivity index (χ1n) is 4.86. The average molecular weight is 219 g/mol. The quantitative estimate of drug-likeness (QED) is 0.858. The van der Waals surface area contributed by atoms with Crippen LogP contribution in [-0.4, -0.2) is 9.97 Å². The predicted molar refractivity (Wildman–Crippen MR) is 61.6 cm³/mol. The van der Waals surface area contributed by atoms with E-state index in [1.165, 1.54) is 5.56 Å². The Morgan fingerprint density at radius 2 is 2.20 bits per heavy atom. The van der Waals surface area contributed by atoms with Gasteiger partial charge in [0.25, 0.3) is 0 Å². The number of pyridine rings is 1. The van der Waals surface area contributed by atoms with Gasteiger partial charge < -0.3 is 5.32 Å². The van der Waals surface area contributed by atoms with Crippen LogP contribution in [0.1, 0.15) is 24.2 Å². The smallest absolute Gasteiger partial charge is 0.0795 e. The summed E-state index contributed by atoms with van der Waals surface area (Å²) in [6, 6.07) is 4.33. The lowest BCUT2D eigenvalue weighted by Crippen LogP contribution is -2.18. The van der Waals surface area contributed by atoms with Crippen molar-refractivity contribution < 1.29 is 0 Å². The molecular formula is C11H13N3S. The Morgan fingerprint density at radius 1 is 1.40 bits per heavy atom. The van der Waals surface area contributed by atoms with Gasteiger partial charge in [-0.2, -0.15) is 0 Å². The number of rotatable bonds is 4. The molecule has 0 aliphatic carbocycles. The average Bonchev–Trinajstić information content (AvgIpc) is 2.81. The van der Waals surface area contributed by atoms with Crippen molar-refractivity contribution in [1.29, 1.82) is 0 Å². The van der Waals surface area contributed by atoms with Crippen LogP contribution in [0.25, 0.3) is 0 Å². The highest BCUT2D eigenvalue weighted by Gasteiger charge is 2.05. The second-order valence-corrected chi connectivity index (χ2v) is 4.09. The monoisotopic (exact) mass is 219 g/mol. The summed E-state index contributed by atoms with van der Waals surface area (Å²) < 4.78 is 0. The fourth-order valence-electron chi connectivity index (χ4n) is 1.31. The van der Waals surface area contributed by atoms with E-state index < -0.39 is 0 Å². The molecular weight excluding hydrogens is 206 g/mol. The summed E-state index contributed by atoms with van der Waals surface area (Å²) >= 11 is 1.63. The van der Waals surface area contributed by atoms with Crippen molar-refractivity contribution in [3.8, 4) is 0 Å². The van der Waals surface area contributed by atoms with Crippen molar-refractivity contribution in [1.82, 2.24) is 15.3 Å². The minimum Gasteiger partial charge on any atom is -0.305 e. The third-order valence-electron chi connectivity index (χ3n) is 2.26. The van der Waals surface area contributed by atoms with Crippen LogP contribution in [0, 0.1) is 0 Å². The molecule has 1 N–H and O–H groups in total. The van der Waals surface area contributed by atoms with Crippen molar-refractivity contribution in [3.05, 3.63) is 46.7 Å². The van der Waals surface area contributed by atoms with Gasteiger partial charge in [0.15, 0.2) is 0 Å². The minimum absolute atomic E-state index is 0.296. The molecule has 2 aromatic rings. The maximum Gasteiger partial charge on any atom is 0.0795 e. The number of hydrogen-bond donors (Lipinski definition) is 1. The molecule has 0 amide bonds. The fraction of sp³-hybridized carbons (Fsp3) is 0.273. The molecule has 0 saturated carbocycles. The normalized spacial score (nSPS) is 12.6. The van der Waals surface area contributed by atoms with Gasteiger partial charge >= 0.3 is 0 Å². The Kier molecular flexibility index (Phi) is 3.42. The van der Waals surface area contributed by atoms with E-state index >= 15 is 0 Å². The van der Waals surface area contributed by atoms with Gasteiger partial charge in [0.1, 0.15) is 0 Å². The number of aromatic nitrogens is 2. The molecule has 4 heteroatoms. The number of nitrogens with zero attached hydrogens (tertiary/aromatic N) is 2. The standard InChI is InChI=1S/C11H13N3S/c1-9(11-7-15-8-14-11)13-6-10-2-4-12-5-3-10/h2-5,7-9,13H,6H2,1H3. The van der Waals surface area contributed by atoms with Crippen molar-refractivity contribution in [2.75, 3.05) is 0 Å². The first kappa shape index (κ1) is 10.3. The fourth-order valence-corrected chi connectivity index (χ4v) is 1.96. The van der Waals surface area contributed by atoms with Gasteiger partial charge in [0.2, 0.25) is 0 Å². The maximum absolute atomic E-state index is 4.27. The van der Waals surface area contributed by atoms with Gasteiger partial charge in [-0.3, -0.25) is 4.98 Å². The van der Waals surface area contributed by atoms with Crippen molar-refractivity contribution >= 4 is 11.3 Å². The summed E-state index contributed by atoms with van der Waals surface area (Å²) in [5.74, 6) is 0. The number of nitrogens with one attached hydrogen (secondary N) is 1. The molecule has 3 nitrogen and oxygen atoms in total. The molecule has 0 bridgehead atoms. The molecule has 0 fully saturated rings. The van der Waals surface area contributed by atoms with Gasteiger partial charge in [-0.15, -0.1) is 11.3 Å². The Bertz CT molecular complexity index is 385. The zero-order valence-electron chi connectivity index (χ0n) is 8.55. The van der Waals surface area contributed by atoms with Gasteiger partial charge in [0.05, 0.1) is 11.2 Å². The van der Waals surface area contributed by atoms with E-state index in [2.05, 4.69) is 27.6 Å². The molecule has 1 atom stereocenters. The Hall–Kier alpha value is -1.26. The van der Waals surface area contributed by atoms with E-state index in [9.17, 15) is 0 Å². The molecule has 0 aliphatic rings. The highest BCUT2D eigenvalue weighted by molar-refractivity contribution is 7.07. The van der Waals surface area contributed by atoms with Crippen LogP contribution in [0.2, 0.25) is 0 Å². The molecule has 0 spiro atoms. The maximum atomic E-state index is 4.27. The van der Waals surface area contributed by atoms with Crippen LogP contribution in [0.4, 0.5) is 0 Å². The highest BCUT2D eigenvalue weighted by atomic mass is 32.1. The van der Waals surface area contributed by atoms with Crippen molar-refractivity contribution in [2.24, 2.45) is 0 Å². The zero-order valence-corrected chi connectivity index (χ0v) is 9.37. The molecule has 2 heterocycles. The van der Waals surface area contributed by atoms with Gasteiger partial charge in [0, 0.05) is 30.4 Å². The minimum atomic E-state index is 0.296. The topological polar surface area (TPSA) is 37.8 Å². The lowest BCUT2D eigenvalue weighted by Gasteiger charge is -2.10. The molecule has 0 aromatic carbocycles. The number of hydrogen-bond acceptors (Lipinski definition) is 4. The largest absolute Gasteiger partial charge is 0.305 e. The summed E-state index contributed by atoms with van der Waals surface area (Å²) in [4.78, 5) is 8.26. The second-order valence-electron chi connectivity index (χ2n) is 3.37. The summed E-state index contributed by atoms with van der Waals surface area (Å²) in [6.45, 7) is 2.97. The van der Waals surface area contributed by atoms with E-state index in [1.54, 1.807) is 11.3 Å². The first-order chi connectivity index (χ1) is 7.36. The molecule has 0 radical (unpaired) electrons. The summed E-state index contributed by atoms with van der Waals surface area (Å²) in [6.07, 6.45) is 3.62. The molecule has 15 heavy (non-hydrogen) atoms. The Labute approximate surface area is 93.2 Å². The van der Waals surface area contributed by atoms with E-state index in [0.717, 1.165) is 12.2 Å². The predicted octanol–water partition coefficient (Wildman–Crippen LogP) is 2.39. The Balaban J connectivity index is 1.89. The van der Waals surface area contributed by atoms with Crippen LogP contribution in [0.3, 0.4) is 0 Å². The highest BCUT2D eigenvalue weighted by Crippen LogP contribution is 2.12. The van der Waals surface area contributed by atoms with E-state index in [0.29, 0.717) is 6.04 Å². The first-order valence-corrected chi connectivity index (χ1v) is 5.81.